The highest BCUT2D eigenvalue weighted by Gasteiger charge is 2.41. The normalized spacial score (nSPS) is 18.4. The van der Waals surface area contributed by atoms with Gasteiger partial charge in [0.15, 0.2) is 0 Å². The average Bonchev–Trinajstić information content (AvgIpc) is 2.64. The smallest absolute Gasteiger partial charge is 0.129 e. The van der Waals surface area contributed by atoms with Gasteiger partial charge in [-0.2, -0.15) is 0 Å². The highest BCUT2D eigenvalue weighted by Crippen LogP contribution is 2.50. The molecule has 1 aromatic rings. The van der Waals surface area contributed by atoms with E-state index in [9.17, 15) is 0 Å². The van der Waals surface area contributed by atoms with Crippen LogP contribution >= 0.6 is 0 Å². The molecule has 19 heavy (non-hydrogen) atoms. The number of nitrogens with one attached hydrogen (secondary N) is 1. The third-order valence-electron chi connectivity index (χ3n) is 3.67. The molecule has 0 radical (unpaired) electrons. The maximum absolute atomic E-state index is 6.08. The lowest BCUT2D eigenvalue weighted by Crippen LogP contribution is -2.24. The van der Waals surface area contributed by atoms with Gasteiger partial charge in [0.2, 0.25) is 0 Å². The minimum absolute atomic E-state index is 0.0917. The predicted molar refractivity (Wildman–Crippen MR) is 82.1 cm³/mol. The molecule has 1 aliphatic rings. The van der Waals surface area contributed by atoms with Gasteiger partial charge in [-0.25, -0.2) is 0 Å². The van der Waals surface area contributed by atoms with Gasteiger partial charge in [-0.15, -0.1) is 0 Å². The molecule has 1 aliphatic heterocycles. The zero-order valence-electron chi connectivity index (χ0n) is 12.9. The molecule has 2 heteroatoms. The number of hydrogen-bond donors (Lipinski definition) is 1. The Bertz CT molecular complexity index is 506. The summed E-state index contributed by atoms with van der Waals surface area (Å²) in [6, 6.07) is 8.34. The summed E-state index contributed by atoms with van der Waals surface area (Å²) in [7, 11) is 1.95. The average molecular weight is 259 g/mol. The van der Waals surface area contributed by atoms with Crippen molar-refractivity contribution >= 4 is 11.4 Å². The molecule has 0 unspecified atom stereocenters. The van der Waals surface area contributed by atoms with Gasteiger partial charge < -0.3 is 10.1 Å². The Morgan fingerprint density at radius 3 is 2.37 bits per heavy atom. The van der Waals surface area contributed by atoms with Crippen LogP contribution in [0.15, 0.2) is 29.8 Å². The van der Waals surface area contributed by atoms with Crippen LogP contribution in [0.2, 0.25) is 0 Å². The highest BCUT2D eigenvalue weighted by atomic mass is 16.5. The Balaban J connectivity index is 2.64. The molecule has 1 aromatic carbocycles. The van der Waals surface area contributed by atoms with Gasteiger partial charge in [-0.05, 0) is 23.1 Å². The van der Waals surface area contributed by atoms with Gasteiger partial charge in [0.1, 0.15) is 5.76 Å². The molecule has 0 aliphatic carbocycles. The molecule has 0 saturated heterocycles. The largest absolute Gasteiger partial charge is 0.492 e. The van der Waals surface area contributed by atoms with Crippen molar-refractivity contribution in [3.63, 3.8) is 0 Å². The van der Waals surface area contributed by atoms with Crippen molar-refractivity contribution in [2.24, 2.45) is 10.8 Å². The van der Waals surface area contributed by atoms with Crippen molar-refractivity contribution in [3.8, 4) is 0 Å². The van der Waals surface area contributed by atoms with E-state index < -0.39 is 0 Å². The van der Waals surface area contributed by atoms with Gasteiger partial charge in [0.05, 0.1) is 6.61 Å². The van der Waals surface area contributed by atoms with E-state index in [1.54, 1.807) is 0 Å². The van der Waals surface area contributed by atoms with E-state index in [4.69, 9.17) is 4.74 Å². The second-order valence-corrected chi connectivity index (χ2v) is 6.92. The molecule has 1 N–H and O–H groups in total. The van der Waals surface area contributed by atoms with Crippen LogP contribution < -0.4 is 5.32 Å². The summed E-state index contributed by atoms with van der Waals surface area (Å²) in [5, 5.41) is 3.26. The van der Waals surface area contributed by atoms with Gasteiger partial charge in [-0.1, -0.05) is 46.8 Å². The summed E-state index contributed by atoms with van der Waals surface area (Å²) in [6.07, 6.45) is 0. The molecule has 0 amide bonds. The van der Waals surface area contributed by atoms with Crippen molar-refractivity contribution in [2.45, 2.75) is 34.6 Å². The van der Waals surface area contributed by atoms with Crippen molar-refractivity contribution in [1.29, 1.82) is 0 Å². The molecule has 0 bridgehead atoms. The minimum Gasteiger partial charge on any atom is -0.492 e. The Hall–Kier alpha value is -1.44. The molecule has 104 valence electrons. The first-order chi connectivity index (χ1) is 8.77. The lowest BCUT2D eigenvalue weighted by atomic mass is 9.71. The van der Waals surface area contributed by atoms with Gasteiger partial charge in [-0.3, -0.25) is 0 Å². The summed E-state index contributed by atoms with van der Waals surface area (Å²) in [6.45, 7) is 12.1. The van der Waals surface area contributed by atoms with E-state index in [2.05, 4.69) is 58.1 Å². The molecule has 1 heterocycles. The summed E-state index contributed by atoms with van der Waals surface area (Å²) in [5.74, 6) is 1.06. The van der Waals surface area contributed by atoms with E-state index in [1.807, 2.05) is 13.1 Å². The third kappa shape index (κ3) is 2.49. The Morgan fingerprint density at radius 2 is 1.79 bits per heavy atom. The minimum atomic E-state index is 0.0917. The fraction of sp³-hybridized carbons (Fsp3) is 0.529. The number of anilines is 1. The maximum atomic E-state index is 6.08. The van der Waals surface area contributed by atoms with Crippen LogP contribution in [0.3, 0.4) is 0 Å². The Kier molecular flexibility index (Phi) is 3.38. The van der Waals surface area contributed by atoms with Crippen molar-refractivity contribution in [2.75, 3.05) is 19.0 Å². The van der Waals surface area contributed by atoms with Crippen LogP contribution in [0.5, 0.6) is 0 Å². The standard InChI is InChI=1S/C17H25NO/c1-16(2,3)15-14(19-11-17(15,4)5)12-9-7-8-10-13(12)18-6/h7-10,18H,11H2,1-6H3. The maximum Gasteiger partial charge on any atom is 0.129 e. The Morgan fingerprint density at radius 1 is 1.16 bits per heavy atom. The number of rotatable bonds is 2. The summed E-state index contributed by atoms with van der Waals surface area (Å²) in [5.41, 5.74) is 3.89. The van der Waals surface area contributed by atoms with E-state index in [0.29, 0.717) is 0 Å². The lowest BCUT2D eigenvalue weighted by Gasteiger charge is -2.31. The molecule has 0 fully saturated rings. The second-order valence-electron chi connectivity index (χ2n) is 6.92. The zero-order valence-corrected chi connectivity index (χ0v) is 12.9. The topological polar surface area (TPSA) is 21.3 Å². The molecule has 2 nitrogen and oxygen atoms in total. The SMILES string of the molecule is CNc1ccccc1C1=C(C(C)(C)C)C(C)(C)CO1. The molecular weight excluding hydrogens is 234 g/mol. The summed E-state index contributed by atoms with van der Waals surface area (Å²) >= 11 is 0. The first-order valence-electron chi connectivity index (χ1n) is 6.92. The highest BCUT2D eigenvalue weighted by molar-refractivity contribution is 5.76. The monoisotopic (exact) mass is 259 g/mol. The Labute approximate surface area is 116 Å². The number of hydrogen-bond acceptors (Lipinski definition) is 2. The lowest BCUT2D eigenvalue weighted by molar-refractivity contribution is 0.213. The molecule has 0 aromatic heterocycles. The molecular formula is C17H25NO. The van der Waals surface area contributed by atoms with Crippen molar-refractivity contribution in [1.82, 2.24) is 0 Å². The number of ether oxygens (including phenoxy) is 1. The first-order valence-corrected chi connectivity index (χ1v) is 6.92. The van der Waals surface area contributed by atoms with E-state index >= 15 is 0 Å². The van der Waals surface area contributed by atoms with E-state index in [-0.39, 0.29) is 10.8 Å². The molecule has 2 rings (SSSR count). The van der Waals surface area contributed by atoms with Gasteiger partial charge in [0, 0.05) is 23.7 Å². The van der Waals surface area contributed by atoms with Crippen LogP contribution in [0.25, 0.3) is 5.76 Å². The van der Waals surface area contributed by atoms with Crippen LogP contribution in [0, 0.1) is 10.8 Å². The molecule has 0 saturated carbocycles. The third-order valence-corrected chi connectivity index (χ3v) is 3.67. The summed E-state index contributed by atoms with van der Waals surface area (Å²) in [4.78, 5) is 0. The van der Waals surface area contributed by atoms with Crippen molar-refractivity contribution < 1.29 is 4.74 Å². The summed E-state index contributed by atoms with van der Waals surface area (Å²) < 4.78 is 6.08. The van der Waals surface area contributed by atoms with Crippen LogP contribution in [-0.2, 0) is 4.74 Å². The van der Waals surface area contributed by atoms with E-state index in [1.165, 1.54) is 11.1 Å². The predicted octanol–water partition coefficient (Wildman–Crippen LogP) is 4.54. The van der Waals surface area contributed by atoms with Gasteiger partial charge in [0.25, 0.3) is 0 Å². The van der Waals surface area contributed by atoms with Crippen molar-refractivity contribution in [3.05, 3.63) is 35.4 Å². The van der Waals surface area contributed by atoms with Crippen LogP contribution in [0.4, 0.5) is 5.69 Å². The molecule has 0 spiro atoms. The van der Waals surface area contributed by atoms with E-state index in [0.717, 1.165) is 18.1 Å². The molecule has 0 atom stereocenters. The van der Waals surface area contributed by atoms with Gasteiger partial charge >= 0.3 is 0 Å². The first kappa shape index (κ1) is 14.0. The zero-order chi connectivity index (χ0) is 14.3. The van der Waals surface area contributed by atoms with Crippen LogP contribution in [-0.4, -0.2) is 13.7 Å². The fourth-order valence-electron chi connectivity index (χ4n) is 3.17. The second kappa shape index (κ2) is 4.59. The quantitative estimate of drug-likeness (QED) is 0.841. The number of benzene rings is 1. The van der Waals surface area contributed by atoms with Crippen LogP contribution in [0.1, 0.15) is 40.2 Å². The fourth-order valence-corrected chi connectivity index (χ4v) is 3.17. The number of para-hydroxylation sites is 1.